The maximum Gasteiger partial charge on any atom is 0.273 e. The minimum Gasteiger partial charge on any atom is -0.497 e. The molecule has 0 fully saturated rings. The highest BCUT2D eigenvalue weighted by atomic mass is 16.5. The van der Waals surface area contributed by atoms with E-state index in [9.17, 15) is 4.79 Å². The number of methoxy groups -OCH3 is 1. The van der Waals surface area contributed by atoms with E-state index in [0.29, 0.717) is 5.56 Å². The van der Waals surface area contributed by atoms with Gasteiger partial charge in [0.1, 0.15) is 5.75 Å². The zero-order chi connectivity index (χ0) is 17.3. The van der Waals surface area contributed by atoms with Crippen molar-refractivity contribution in [2.75, 3.05) is 7.11 Å². The van der Waals surface area contributed by atoms with Crippen LogP contribution in [-0.4, -0.2) is 23.6 Å². The molecule has 0 saturated carbocycles. The van der Waals surface area contributed by atoms with E-state index in [4.69, 9.17) is 4.74 Å². The number of nitrogens with one attached hydrogen (secondary N) is 1. The number of ether oxygens (including phenoxy) is 1. The Balaban J connectivity index is 2.06. The lowest BCUT2D eigenvalue weighted by Crippen LogP contribution is -2.48. The molecule has 0 aliphatic carbocycles. The van der Waals surface area contributed by atoms with E-state index in [2.05, 4.69) is 5.43 Å². The number of amides is 1. The average molecular weight is 322 g/mol. The molecule has 1 amide bonds. The largest absolute Gasteiger partial charge is 0.497 e. The van der Waals surface area contributed by atoms with Gasteiger partial charge in [-0.15, -0.1) is 0 Å². The quantitative estimate of drug-likeness (QED) is 0.930. The van der Waals surface area contributed by atoms with E-state index in [0.717, 1.165) is 22.6 Å². The Morgan fingerprint density at radius 1 is 1.00 bits per heavy atom. The van der Waals surface area contributed by atoms with Crippen LogP contribution in [-0.2, 0) is 0 Å². The summed E-state index contributed by atoms with van der Waals surface area (Å²) in [5, 5.41) is 1.65. The summed E-state index contributed by atoms with van der Waals surface area (Å²) >= 11 is 0. The van der Waals surface area contributed by atoms with Gasteiger partial charge in [0.05, 0.1) is 18.4 Å². The average Bonchev–Trinajstić information content (AvgIpc) is 2.80. The normalized spacial score (nSPS) is 15.8. The number of hydrazine groups is 1. The summed E-state index contributed by atoms with van der Waals surface area (Å²) in [7, 11) is 1.65. The van der Waals surface area contributed by atoms with Crippen LogP contribution in [0.25, 0.3) is 11.8 Å². The minimum atomic E-state index is -0.225. The van der Waals surface area contributed by atoms with Crippen LogP contribution in [0.1, 0.15) is 42.3 Å². The van der Waals surface area contributed by atoms with Gasteiger partial charge >= 0.3 is 0 Å². The summed E-state index contributed by atoms with van der Waals surface area (Å²) in [6, 6.07) is 15.5. The summed E-state index contributed by atoms with van der Waals surface area (Å²) in [4.78, 5) is 12.8. The Bertz CT molecular complexity index is 786. The van der Waals surface area contributed by atoms with Crippen molar-refractivity contribution in [3.8, 4) is 5.75 Å². The predicted octanol–water partition coefficient (Wildman–Crippen LogP) is 3.95. The van der Waals surface area contributed by atoms with Crippen LogP contribution in [0.15, 0.2) is 48.5 Å². The smallest absolute Gasteiger partial charge is 0.273 e. The molecule has 1 aliphatic rings. The third-order valence-electron chi connectivity index (χ3n) is 3.74. The van der Waals surface area contributed by atoms with Crippen molar-refractivity contribution in [3.63, 3.8) is 0 Å². The van der Waals surface area contributed by atoms with Crippen LogP contribution in [0, 0.1) is 0 Å². The fourth-order valence-corrected chi connectivity index (χ4v) is 2.69. The van der Waals surface area contributed by atoms with Gasteiger partial charge in [0.15, 0.2) is 0 Å². The molecule has 4 nitrogen and oxygen atoms in total. The Labute approximate surface area is 142 Å². The maximum atomic E-state index is 12.8. The Hall–Kier alpha value is -2.59. The number of hydrogen-bond acceptors (Lipinski definition) is 3. The first-order valence-corrected chi connectivity index (χ1v) is 7.96. The van der Waals surface area contributed by atoms with Gasteiger partial charge in [-0.05, 0) is 50.6 Å². The minimum absolute atomic E-state index is 0.0275. The summed E-state index contributed by atoms with van der Waals surface area (Å²) in [5.41, 5.74) is 6.60. The van der Waals surface area contributed by atoms with Crippen molar-refractivity contribution in [1.29, 1.82) is 0 Å². The summed E-state index contributed by atoms with van der Waals surface area (Å²) in [6.07, 6.45) is 2.02. The Morgan fingerprint density at radius 3 is 2.21 bits per heavy atom. The van der Waals surface area contributed by atoms with E-state index < -0.39 is 0 Å². The molecule has 0 aromatic heterocycles. The number of rotatable bonds is 3. The molecule has 1 N–H and O–H groups in total. The van der Waals surface area contributed by atoms with Crippen LogP contribution >= 0.6 is 0 Å². The highest BCUT2D eigenvalue weighted by molar-refractivity contribution is 6.11. The second kappa shape index (κ2) is 6.13. The second-order valence-corrected chi connectivity index (χ2v) is 6.85. The van der Waals surface area contributed by atoms with Gasteiger partial charge in [-0.1, -0.05) is 30.3 Å². The molecule has 124 valence electrons. The van der Waals surface area contributed by atoms with E-state index in [-0.39, 0.29) is 11.4 Å². The molecule has 0 saturated heterocycles. The molecule has 0 radical (unpaired) electrons. The topological polar surface area (TPSA) is 41.6 Å². The van der Waals surface area contributed by atoms with Crippen molar-refractivity contribution in [3.05, 3.63) is 65.2 Å². The molecule has 4 heteroatoms. The number of fused-ring (bicyclic) bond motifs is 1. The molecule has 1 aliphatic heterocycles. The van der Waals surface area contributed by atoms with Gasteiger partial charge in [-0.2, -0.15) is 0 Å². The van der Waals surface area contributed by atoms with Crippen molar-refractivity contribution >= 4 is 17.7 Å². The van der Waals surface area contributed by atoms with Gasteiger partial charge in [-0.25, -0.2) is 10.4 Å². The fraction of sp³-hybridized carbons (Fsp3) is 0.250. The van der Waals surface area contributed by atoms with Gasteiger partial charge in [0.2, 0.25) is 0 Å². The number of hydrogen-bond donors (Lipinski definition) is 1. The lowest BCUT2D eigenvalue weighted by molar-refractivity contribution is 0.0738. The second-order valence-electron chi connectivity index (χ2n) is 6.85. The molecular weight excluding hydrogens is 300 g/mol. The number of carbonyl (C=O) groups excluding carboxylic acids is 1. The first-order valence-electron chi connectivity index (χ1n) is 7.96. The SMILES string of the molecule is COc1ccc(/C=C2/c3ccccc3C(=O)N2NC(C)(C)C)cc1. The van der Waals surface area contributed by atoms with Gasteiger partial charge in [0.25, 0.3) is 5.91 Å². The Morgan fingerprint density at radius 2 is 1.62 bits per heavy atom. The standard InChI is InChI=1S/C20H22N2O2/c1-20(2,3)21-22-18(13-14-9-11-15(24-4)12-10-14)16-7-5-6-8-17(16)19(22)23/h5-13,21H,1-4H3/b18-13-. The highest BCUT2D eigenvalue weighted by Crippen LogP contribution is 2.33. The van der Waals surface area contributed by atoms with Crippen molar-refractivity contribution in [2.45, 2.75) is 26.3 Å². The van der Waals surface area contributed by atoms with Gasteiger partial charge < -0.3 is 4.74 Å². The molecule has 3 rings (SSSR count). The van der Waals surface area contributed by atoms with E-state index in [1.807, 2.05) is 75.4 Å². The summed E-state index contributed by atoms with van der Waals surface area (Å²) in [6.45, 7) is 6.11. The lowest BCUT2D eigenvalue weighted by Gasteiger charge is -2.29. The maximum absolute atomic E-state index is 12.8. The molecule has 0 spiro atoms. The molecule has 24 heavy (non-hydrogen) atoms. The van der Waals surface area contributed by atoms with E-state index in [1.165, 1.54) is 0 Å². The first kappa shape index (κ1) is 16.3. The highest BCUT2D eigenvalue weighted by Gasteiger charge is 2.34. The van der Waals surface area contributed by atoms with Crippen LogP contribution < -0.4 is 10.2 Å². The fourth-order valence-electron chi connectivity index (χ4n) is 2.69. The molecule has 0 bridgehead atoms. The zero-order valence-electron chi connectivity index (χ0n) is 14.5. The predicted molar refractivity (Wildman–Crippen MR) is 96.4 cm³/mol. The van der Waals surface area contributed by atoms with Crippen molar-refractivity contribution < 1.29 is 9.53 Å². The summed E-state index contributed by atoms with van der Waals surface area (Å²) in [5.74, 6) is 0.782. The van der Waals surface area contributed by atoms with Crippen LogP contribution in [0.2, 0.25) is 0 Å². The van der Waals surface area contributed by atoms with Crippen LogP contribution in [0.4, 0.5) is 0 Å². The number of carbonyl (C=O) groups is 1. The Kier molecular flexibility index (Phi) is 4.16. The van der Waals surface area contributed by atoms with Crippen molar-refractivity contribution in [1.82, 2.24) is 10.4 Å². The lowest BCUT2D eigenvalue weighted by atomic mass is 10.1. The van der Waals surface area contributed by atoms with Gasteiger partial charge in [0, 0.05) is 11.1 Å². The first-order chi connectivity index (χ1) is 11.4. The summed E-state index contributed by atoms with van der Waals surface area (Å²) < 4.78 is 5.20. The third kappa shape index (κ3) is 3.19. The number of nitrogens with zero attached hydrogens (tertiary/aromatic N) is 1. The van der Waals surface area contributed by atoms with Crippen molar-refractivity contribution in [2.24, 2.45) is 0 Å². The van der Waals surface area contributed by atoms with E-state index in [1.54, 1.807) is 12.1 Å². The van der Waals surface area contributed by atoms with Gasteiger partial charge in [-0.3, -0.25) is 4.79 Å². The van der Waals surface area contributed by atoms with Crippen LogP contribution in [0.5, 0.6) is 5.75 Å². The number of benzene rings is 2. The van der Waals surface area contributed by atoms with E-state index >= 15 is 0 Å². The molecular formula is C20H22N2O2. The zero-order valence-corrected chi connectivity index (χ0v) is 14.5. The third-order valence-corrected chi connectivity index (χ3v) is 3.74. The molecule has 2 aromatic rings. The molecule has 0 unspecified atom stereocenters. The molecule has 0 atom stereocenters. The molecule has 2 aromatic carbocycles. The monoisotopic (exact) mass is 322 g/mol. The molecule has 1 heterocycles. The van der Waals surface area contributed by atoms with Crippen LogP contribution in [0.3, 0.4) is 0 Å².